The van der Waals surface area contributed by atoms with Crippen molar-refractivity contribution in [2.24, 2.45) is 0 Å². The van der Waals surface area contributed by atoms with E-state index in [0.717, 1.165) is 23.9 Å². The van der Waals surface area contributed by atoms with Crippen LogP contribution in [0.1, 0.15) is 36.9 Å². The van der Waals surface area contributed by atoms with Crippen LogP contribution < -0.4 is 4.74 Å². The van der Waals surface area contributed by atoms with Crippen LogP contribution in [-0.4, -0.2) is 27.0 Å². The Hall–Kier alpha value is -1.53. The molecular formula is C15H21N3O2S. The van der Waals surface area contributed by atoms with Crippen molar-refractivity contribution >= 4 is 11.8 Å². The van der Waals surface area contributed by atoms with E-state index in [1.165, 1.54) is 5.56 Å². The molecule has 1 atom stereocenters. The molecule has 0 aliphatic heterocycles. The summed E-state index contributed by atoms with van der Waals surface area (Å²) >= 11 is 1.64. The van der Waals surface area contributed by atoms with Crippen LogP contribution in [0.5, 0.6) is 5.75 Å². The van der Waals surface area contributed by atoms with Gasteiger partial charge in [0.2, 0.25) is 0 Å². The maximum Gasteiger partial charge on any atom is 0.191 e. The van der Waals surface area contributed by atoms with Gasteiger partial charge in [0.05, 0.1) is 7.11 Å². The minimum absolute atomic E-state index is 0.0822. The molecule has 0 aliphatic rings. The molecule has 0 saturated heterocycles. The Balaban J connectivity index is 2.18. The summed E-state index contributed by atoms with van der Waals surface area (Å²) in [6.07, 6.45) is 0.978. The van der Waals surface area contributed by atoms with Gasteiger partial charge in [0, 0.05) is 11.8 Å². The fourth-order valence-electron chi connectivity index (χ4n) is 2.09. The van der Waals surface area contributed by atoms with Gasteiger partial charge < -0.3 is 14.4 Å². The molecule has 0 saturated carbocycles. The molecule has 0 radical (unpaired) electrons. The predicted molar refractivity (Wildman–Crippen MR) is 83.5 cm³/mol. The van der Waals surface area contributed by atoms with Crippen molar-refractivity contribution in [3.05, 3.63) is 35.7 Å². The van der Waals surface area contributed by atoms with E-state index >= 15 is 0 Å². The van der Waals surface area contributed by atoms with Gasteiger partial charge in [-0.1, -0.05) is 30.8 Å². The highest BCUT2D eigenvalue weighted by Crippen LogP contribution is 2.35. The average Bonchev–Trinajstić information content (AvgIpc) is 2.89. The second kappa shape index (κ2) is 7.47. The number of ether oxygens (including phenoxy) is 1. The first-order chi connectivity index (χ1) is 10.2. The first-order valence-electron chi connectivity index (χ1n) is 7.03. The first kappa shape index (κ1) is 15.9. The van der Waals surface area contributed by atoms with Crippen molar-refractivity contribution in [3.8, 4) is 5.75 Å². The Kier molecular flexibility index (Phi) is 5.64. The summed E-state index contributed by atoms with van der Waals surface area (Å²) in [7, 11) is 1.67. The van der Waals surface area contributed by atoms with Crippen molar-refractivity contribution < 1.29 is 9.84 Å². The molecule has 0 fully saturated rings. The summed E-state index contributed by atoms with van der Waals surface area (Å²) in [4.78, 5) is 0. The topological polar surface area (TPSA) is 60.2 Å². The number of hydrogen-bond acceptors (Lipinski definition) is 5. The number of nitrogens with zero attached hydrogens (tertiary/aromatic N) is 3. The Bertz CT molecular complexity index is 586. The quantitative estimate of drug-likeness (QED) is 0.797. The molecule has 2 rings (SSSR count). The van der Waals surface area contributed by atoms with Crippen LogP contribution in [0.4, 0.5) is 0 Å². The highest BCUT2D eigenvalue weighted by molar-refractivity contribution is 7.99. The Morgan fingerprint density at radius 2 is 2.19 bits per heavy atom. The van der Waals surface area contributed by atoms with Gasteiger partial charge >= 0.3 is 0 Å². The average molecular weight is 307 g/mol. The number of aliphatic hydroxyl groups is 1. The van der Waals surface area contributed by atoms with Crippen LogP contribution in [0.25, 0.3) is 0 Å². The van der Waals surface area contributed by atoms with Crippen molar-refractivity contribution in [2.45, 2.75) is 43.8 Å². The van der Waals surface area contributed by atoms with E-state index in [1.807, 2.05) is 22.8 Å². The van der Waals surface area contributed by atoms with Gasteiger partial charge in [0.15, 0.2) is 11.0 Å². The molecule has 2 aromatic rings. The molecule has 0 aliphatic carbocycles. The molecule has 0 spiro atoms. The lowest BCUT2D eigenvalue weighted by Crippen LogP contribution is -2.05. The molecule has 0 bridgehead atoms. The predicted octanol–water partition coefficient (Wildman–Crippen LogP) is 3.04. The first-order valence-corrected chi connectivity index (χ1v) is 7.91. The molecule has 0 amide bonds. The van der Waals surface area contributed by atoms with E-state index in [4.69, 9.17) is 4.74 Å². The van der Waals surface area contributed by atoms with Gasteiger partial charge in [0.1, 0.15) is 12.4 Å². The summed E-state index contributed by atoms with van der Waals surface area (Å²) in [5.41, 5.74) is 1.18. The maximum atomic E-state index is 9.33. The zero-order chi connectivity index (χ0) is 15.2. The summed E-state index contributed by atoms with van der Waals surface area (Å²) in [5.74, 6) is 1.48. The van der Waals surface area contributed by atoms with Gasteiger partial charge in [-0.2, -0.15) is 0 Å². The van der Waals surface area contributed by atoms with Gasteiger partial charge in [-0.25, -0.2) is 0 Å². The summed E-state index contributed by atoms with van der Waals surface area (Å²) < 4.78 is 7.25. The van der Waals surface area contributed by atoms with E-state index in [1.54, 1.807) is 18.9 Å². The van der Waals surface area contributed by atoms with Crippen LogP contribution in [0, 0.1) is 0 Å². The van der Waals surface area contributed by atoms with Crippen molar-refractivity contribution in [1.82, 2.24) is 14.8 Å². The molecule has 1 N–H and O–H groups in total. The minimum atomic E-state index is -0.0822. The summed E-state index contributed by atoms with van der Waals surface area (Å²) in [6, 6.07) is 8.03. The number of hydrogen-bond donors (Lipinski definition) is 1. The molecular weight excluding hydrogens is 286 g/mol. The van der Waals surface area contributed by atoms with Crippen LogP contribution in [-0.2, 0) is 13.2 Å². The highest BCUT2D eigenvalue weighted by Gasteiger charge is 2.16. The molecule has 114 valence electrons. The third-order valence-corrected chi connectivity index (χ3v) is 4.37. The summed E-state index contributed by atoms with van der Waals surface area (Å²) in [6.45, 7) is 4.96. The normalized spacial score (nSPS) is 12.4. The van der Waals surface area contributed by atoms with Gasteiger partial charge in [-0.15, -0.1) is 10.2 Å². The van der Waals surface area contributed by atoms with Crippen LogP contribution in [0.3, 0.4) is 0 Å². The van der Waals surface area contributed by atoms with Gasteiger partial charge in [-0.3, -0.25) is 0 Å². The fraction of sp³-hybridized carbons (Fsp3) is 0.467. The third kappa shape index (κ3) is 3.77. The van der Waals surface area contributed by atoms with Gasteiger partial charge in [-0.05, 0) is 31.0 Å². The van der Waals surface area contributed by atoms with Crippen LogP contribution in [0.15, 0.2) is 29.4 Å². The van der Waals surface area contributed by atoms with Crippen molar-refractivity contribution in [3.63, 3.8) is 0 Å². The monoisotopic (exact) mass is 307 g/mol. The van der Waals surface area contributed by atoms with Crippen molar-refractivity contribution in [2.75, 3.05) is 7.11 Å². The molecule has 21 heavy (non-hydrogen) atoms. The van der Waals surface area contributed by atoms with Gasteiger partial charge in [0.25, 0.3) is 0 Å². The molecule has 5 nitrogen and oxygen atoms in total. The SMILES string of the molecule is CCCn1c(CO)nnc1SC(C)c1cccc(OC)c1. The Morgan fingerprint density at radius 3 is 2.86 bits per heavy atom. The second-order valence-electron chi connectivity index (χ2n) is 4.75. The zero-order valence-corrected chi connectivity index (χ0v) is 13.4. The zero-order valence-electron chi connectivity index (χ0n) is 12.6. The molecule has 1 aromatic carbocycles. The standard InChI is InChI=1S/C15H21N3O2S/c1-4-8-18-14(10-19)16-17-15(18)21-11(2)12-6-5-7-13(9-12)20-3/h5-7,9,11,19H,4,8,10H2,1-3H3. The van der Waals surface area contributed by atoms with E-state index in [0.29, 0.717) is 5.82 Å². The van der Waals surface area contributed by atoms with E-state index in [2.05, 4.69) is 30.1 Å². The number of rotatable bonds is 7. The molecule has 1 unspecified atom stereocenters. The summed E-state index contributed by atoms with van der Waals surface area (Å²) in [5, 5.41) is 18.7. The number of methoxy groups -OCH3 is 1. The number of thioether (sulfide) groups is 1. The van der Waals surface area contributed by atoms with E-state index in [9.17, 15) is 5.11 Å². The number of aliphatic hydroxyl groups excluding tert-OH is 1. The Morgan fingerprint density at radius 1 is 1.38 bits per heavy atom. The fourth-order valence-corrected chi connectivity index (χ4v) is 3.10. The van der Waals surface area contributed by atoms with Crippen LogP contribution >= 0.6 is 11.8 Å². The largest absolute Gasteiger partial charge is 0.497 e. The molecule has 1 heterocycles. The maximum absolute atomic E-state index is 9.33. The Labute approximate surface area is 129 Å². The molecule has 6 heteroatoms. The molecule has 1 aromatic heterocycles. The van der Waals surface area contributed by atoms with Crippen molar-refractivity contribution in [1.29, 1.82) is 0 Å². The second-order valence-corrected chi connectivity index (χ2v) is 6.05. The van der Waals surface area contributed by atoms with E-state index < -0.39 is 0 Å². The lowest BCUT2D eigenvalue weighted by Gasteiger charge is -2.13. The minimum Gasteiger partial charge on any atom is -0.497 e. The number of benzene rings is 1. The highest BCUT2D eigenvalue weighted by atomic mass is 32.2. The lowest BCUT2D eigenvalue weighted by atomic mass is 10.1. The number of aromatic nitrogens is 3. The third-order valence-electron chi connectivity index (χ3n) is 3.23. The lowest BCUT2D eigenvalue weighted by molar-refractivity contribution is 0.263. The van der Waals surface area contributed by atoms with E-state index in [-0.39, 0.29) is 11.9 Å². The van der Waals surface area contributed by atoms with Crippen LogP contribution in [0.2, 0.25) is 0 Å². The smallest absolute Gasteiger partial charge is 0.191 e.